The maximum Gasteiger partial charge on any atom is 0.252 e. The number of amides is 1. The topological polar surface area (TPSA) is 55.1 Å². The maximum atomic E-state index is 13.0. The summed E-state index contributed by atoms with van der Waals surface area (Å²) >= 11 is 2.02. The Bertz CT molecular complexity index is 440. The molecule has 1 saturated carbocycles. The van der Waals surface area contributed by atoms with E-state index in [1.807, 2.05) is 22.6 Å². The monoisotopic (exact) mass is 384 g/mol. The molecule has 0 spiro atoms. The first kappa shape index (κ1) is 15.7. The van der Waals surface area contributed by atoms with Gasteiger partial charge in [0, 0.05) is 16.2 Å². The summed E-state index contributed by atoms with van der Waals surface area (Å²) in [7, 11) is 0. The molecule has 1 aromatic rings. The van der Waals surface area contributed by atoms with Crippen molar-refractivity contribution in [2.24, 2.45) is 11.7 Å². The molecule has 1 fully saturated rings. The SMILES string of the molecule is Cl.NC(CNC(=O)c1cc(F)ccc1I)C1CC1. The Balaban J connectivity index is 0.00000162. The second-order valence-electron chi connectivity index (χ2n) is 4.34. The fraction of sp³-hybridized carbons (Fsp3) is 0.417. The fourth-order valence-corrected chi connectivity index (χ4v) is 2.25. The summed E-state index contributed by atoms with van der Waals surface area (Å²) in [5, 5.41) is 2.75. The lowest BCUT2D eigenvalue weighted by Crippen LogP contribution is -2.38. The van der Waals surface area contributed by atoms with Gasteiger partial charge in [0.1, 0.15) is 5.82 Å². The average Bonchev–Trinajstić information content (AvgIpc) is 3.12. The van der Waals surface area contributed by atoms with Crippen LogP contribution in [0.15, 0.2) is 18.2 Å². The van der Waals surface area contributed by atoms with Crippen LogP contribution >= 0.6 is 35.0 Å². The molecular weight excluding hydrogens is 370 g/mol. The number of benzene rings is 1. The number of nitrogens with two attached hydrogens (primary N) is 1. The third-order valence-electron chi connectivity index (χ3n) is 2.90. The van der Waals surface area contributed by atoms with Crippen LogP contribution in [-0.4, -0.2) is 18.5 Å². The first-order chi connectivity index (χ1) is 8.08. The van der Waals surface area contributed by atoms with Gasteiger partial charge in [-0.3, -0.25) is 4.79 Å². The molecule has 2 rings (SSSR count). The van der Waals surface area contributed by atoms with Crippen molar-refractivity contribution in [3.8, 4) is 0 Å². The Labute approximate surface area is 125 Å². The van der Waals surface area contributed by atoms with Crippen LogP contribution in [0.4, 0.5) is 4.39 Å². The van der Waals surface area contributed by atoms with Gasteiger partial charge in [0.25, 0.3) is 5.91 Å². The number of carbonyl (C=O) groups is 1. The van der Waals surface area contributed by atoms with Gasteiger partial charge in [-0.1, -0.05) is 0 Å². The van der Waals surface area contributed by atoms with Crippen LogP contribution in [0.2, 0.25) is 0 Å². The largest absolute Gasteiger partial charge is 0.350 e. The molecule has 0 heterocycles. The molecule has 18 heavy (non-hydrogen) atoms. The van der Waals surface area contributed by atoms with Crippen LogP contribution in [0, 0.1) is 15.3 Å². The summed E-state index contributed by atoms with van der Waals surface area (Å²) in [6, 6.07) is 4.20. The van der Waals surface area contributed by atoms with E-state index in [0.717, 1.165) is 16.4 Å². The smallest absolute Gasteiger partial charge is 0.252 e. The molecule has 1 aromatic carbocycles. The third-order valence-corrected chi connectivity index (χ3v) is 3.84. The van der Waals surface area contributed by atoms with Gasteiger partial charge < -0.3 is 11.1 Å². The van der Waals surface area contributed by atoms with E-state index in [-0.39, 0.29) is 24.4 Å². The number of nitrogens with one attached hydrogen (secondary N) is 1. The van der Waals surface area contributed by atoms with Crippen LogP contribution in [0.1, 0.15) is 23.2 Å². The number of rotatable bonds is 4. The minimum Gasteiger partial charge on any atom is -0.350 e. The second kappa shape index (κ2) is 6.68. The van der Waals surface area contributed by atoms with Crippen molar-refractivity contribution in [2.45, 2.75) is 18.9 Å². The van der Waals surface area contributed by atoms with Crippen molar-refractivity contribution in [3.63, 3.8) is 0 Å². The predicted octanol–water partition coefficient (Wildman–Crippen LogP) is 2.32. The summed E-state index contributed by atoms with van der Waals surface area (Å²) in [6.45, 7) is 0.454. The Hall–Kier alpha value is -0.400. The lowest BCUT2D eigenvalue weighted by Gasteiger charge is -2.12. The quantitative estimate of drug-likeness (QED) is 0.783. The first-order valence-electron chi connectivity index (χ1n) is 5.57. The third kappa shape index (κ3) is 4.07. The van der Waals surface area contributed by atoms with Crippen LogP contribution in [0.25, 0.3) is 0 Å². The molecule has 100 valence electrons. The maximum absolute atomic E-state index is 13.0. The van der Waals surface area contributed by atoms with Crippen LogP contribution in [0.3, 0.4) is 0 Å². The van der Waals surface area contributed by atoms with Gasteiger partial charge in [-0.05, 0) is 59.5 Å². The molecule has 1 aliphatic rings. The zero-order valence-corrected chi connectivity index (χ0v) is 12.6. The van der Waals surface area contributed by atoms with Crippen molar-refractivity contribution in [3.05, 3.63) is 33.1 Å². The molecule has 6 heteroatoms. The second-order valence-corrected chi connectivity index (χ2v) is 5.50. The van der Waals surface area contributed by atoms with Crippen molar-refractivity contribution in [1.82, 2.24) is 5.32 Å². The van der Waals surface area contributed by atoms with E-state index in [0.29, 0.717) is 18.0 Å². The Morgan fingerprint density at radius 1 is 1.56 bits per heavy atom. The summed E-state index contributed by atoms with van der Waals surface area (Å²) in [5.41, 5.74) is 6.25. The molecule has 0 saturated heterocycles. The van der Waals surface area contributed by atoms with E-state index in [9.17, 15) is 9.18 Å². The van der Waals surface area contributed by atoms with E-state index in [2.05, 4.69) is 5.32 Å². The molecule has 1 aliphatic carbocycles. The first-order valence-corrected chi connectivity index (χ1v) is 6.64. The minimum atomic E-state index is -0.401. The fourth-order valence-electron chi connectivity index (χ4n) is 1.67. The Kier molecular flexibility index (Phi) is 5.81. The van der Waals surface area contributed by atoms with Crippen molar-refractivity contribution in [1.29, 1.82) is 0 Å². The molecule has 1 amide bonds. The molecule has 0 aromatic heterocycles. The Morgan fingerprint density at radius 3 is 2.83 bits per heavy atom. The van der Waals surface area contributed by atoms with Gasteiger partial charge in [-0.25, -0.2) is 4.39 Å². The highest BCUT2D eigenvalue weighted by atomic mass is 127. The molecule has 1 unspecified atom stereocenters. The minimum absolute atomic E-state index is 0. The molecule has 0 radical (unpaired) electrons. The lowest BCUT2D eigenvalue weighted by atomic mass is 10.1. The zero-order chi connectivity index (χ0) is 12.4. The van der Waals surface area contributed by atoms with Gasteiger partial charge in [0.05, 0.1) is 5.56 Å². The van der Waals surface area contributed by atoms with Gasteiger partial charge in [0.15, 0.2) is 0 Å². The predicted molar refractivity (Wildman–Crippen MR) is 79.4 cm³/mol. The highest BCUT2D eigenvalue weighted by molar-refractivity contribution is 14.1. The highest BCUT2D eigenvalue weighted by Gasteiger charge is 2.28. The molecule has 0 bridgehead atoms. The highest BCUT2D eigenvalue weighted by Crippen LogP contribution is 2.31. The van der Waals surface area contributed by atoms with Gasteiger partial charge >= 0.3 is 0 Å². The van der Waals surface area contributed by atoms with E-state index >= 15 is 0 Å². The zero-order valence-electron chi connectivity index (χ0n) is 9.66. The number of carbonyl (C=O) groups excluding carboxylic acids is 1. The van der Waals surface area contributed by atoms with E-state index in [1.165, 1.54) is 12.1 Å². The molecular formula is C12H15ClFIN2O. The standard InChI is InChI=1S/C12H14FIN2O.ClH/c13-8-3-4-10(14)9(5-8)12(17)16-6-11(15)7-1-2-7;/h3-5,7,11H,1-2,6,15H2,(H,16,17);1H. The van der Waals surface area contributed by atoms with Gasteiger partial charge in [-0.2, -0.15) is 0 Å². The normalized spacial score (nSPS) is 15.7. The van der Waals surface area contributed by atoms with Gasteiger partial charge in [0.2, 0.25) is 0 Å². The summed E-state index contributed by atoms with van der Waals surface area (Å²) in [4.78, 5) is 11.8. The number of hydrogen-bond acceptors (Lipinski definition) is 2. The molecule has 1 atom stereocenters. The Morgan fingerprint density at radius 2 is 2.22 bits per heavy atom. The molecule has 0 aliphatic heterocycles. The van der Waals surface area contributed by atoms with Crippen LogP contribution < -0.4 is 11.1 Å². The molecule has 3 nitrogen and oxygen atoms in total. The average molecular weight is 385 g/mol. The van der Waals surface area contributed by atoms with E-state index in [1.54, 1.807) is 6.07 Å². The summed E-state index contributed by atoms with van der Waals surface area (Å²) in [5.74, 6) is -0.117. The summed E-state index contributed by atoms with van der Waals surface area (Å²) in [6.07, 6.45) is 2.29. The van der Waals surface area contributed by atoms with Crippen molar-refractivity contribution >= 4 is 40.9 Å². The van der Waals surface area contributed by atoms with Gasteiger partial charge in [-0.15, -0.1) is 12.4 Å². The summed E-state index contributed by atoms with van der Waals surface area (Å²) < 4.78 is 13.8. The van der Waals surface area contributed by atoms with Crippen LogP contribution in [-0.2, 0) is 0 Å². The van der Waals surface area contributed by atoms with Crippen molar-refractivity contribution in [2.75, 3.05) is 6.54 Å². The molecule has 3 N–H and O–H groups in total. The number of halogens is 3. The van der Waals surface area contributed by atoms with Crippen molar-refractivity contribution < 1.29 is 9.18 Å². The number of hydrogen-bond donors (Lipinski definition) is 2. The van der Waals surface area contributed by atoms with E-state index < -0.39 is 5.82 Å². The van der Waals surface area contributed by atoms with Crippen LogP contribution in [0.5, 0.6) is 0 Å². The van der Waals surface area contributed by atoms with E-state index in [4.69, 9.17) is 5.73 Å². The lowest BCUT2D eigenvalue weighted by molar-refractivity contribution is 0.0949.